The first-order valence-corrected chi connectivity index (χ1v) is 18.2. The van der Waals surface area contributed by atoms with Gasteiger partial charge in [-0.3, -0.25) is 9.59 Å². The van der Waals surface area contributed by atoms with Crippen molar-refractivity contribution in [2.24, 2.45) is 0 Å². The molecule has 4 rings (SSSR count). The number of aldehydes is 2. The van der Waals surface area contributed by atoms with Crippen LogP contribution in [0.15, 0.2) is 97.1 Å². The van der Waals surface area contributed by atoms with Gasteiger partial charge in [-0.2, -0.15) is 0 Å². The first-order chi connectivity index (χ1) is 27.2. The van der Waals surface area contributed by atoms with E-state index >= 15 is 0 Å². The minimum Gasteiger partial charge on any atom is -0.491 e. The third-order valence-corrected chi connectivity index (χ3v) is 7.44. The highest BCUT2D eigenvalue weighted by Crippen LogP contribution is 2.19. The normalized spacial score (nSPS) is 10.8. The second-order valence-electron chi connectivity index (χ2n) is 11.4. The number of ether oxygens (including phenoxy) is 11. The molecule has 0 atom stereocenters. The van der Waals surface area contributed by atoms with Crippen LogP contribution in [-0.4, -0.2) is 118 Å². The van der Waals surface area contributed by atoms with E-state index < -0.39 is 0 Å². The predicted molar refractivity (Wildman–Crippen MR) is 204 cm³/mol. The topological polar surface area (TPSA) is 136 Å². The molecule has 13 heteroatoms. The first kappa shape index (κ1) is 42.6. The maximum Gasteiger partial charge on any atom is 0.153 e. The molecule has 4 aromatic rings. The molecular formula is C42H50O13. The van der Waals surface area contributed by atoms with Gasteiger partial charge in [-0.1, -0.05) is 24.3 Å². The monoisotopic (exact) mass is 762 g/mol. The van der Waals surface area contributed by atoms with Gasteiger partial charge in [0.1, 0.15) is 74.1 Å². The van der Waals surface area contributed by atoms with Crippen molar-refractivity contribution in [1.29, 1.82) is 0 Å². The maximum atomic E-state index is 11.0. The molecule has 0 aromatic heterocycles. The summed E-state index contributed by atoms with van der Waals surface area (Å²) in [4.78, 5) is 22.1. The summed E-state index contributed by atoms with van der Waals surface area (Å²) in [5.41, 5.74) is 1.03. The van der Waals surface area contributed by atoms with Crippen molar-refractivity contribution in [1.82, 2.24) is 0 Å². The van der Waals surface area contributed by atoms with E-state index in [4.69, 9.17) is 52.1 Å². The third-order valence-electron chi connectivity index (χ3n) is 7.44. The van der Waals surface area contributed by atoms with Crippen molar-refractivity contribution in [3.8, 4) is 34.5 Å². The van der Waals surface area contributed by atoms with E-state index in [-0.39, 0.29) is 0 Å². The Morgan fingerprint density at radius 1 is 0.291 bits per heavy atom. The molecule has 0 saturated carbocycles. The molecule has 296 valence electrons. The lowest BCUT2D eigenvalue weighted by atomic mass is 10.2. The summed E-state index contributed by atoms with van der Waals surface area (Å²) in [6, 6.07) is 28.9. The van der Waals surface area contributed by atoms with Gasteiger partial charge >= 0.3 is 0 Å². The molecule has 0 fully saturated rings. The van der Waals surface area contributed by atoms with Crippen LogP contribution in [0, 0.1) is 0 Å². The van der Waals surface area contributed by atoms with Crippen molar-refractivity contribution in [3.05, 3.63) is 108 Å². The lowest BCUT2D eigenvalue weighted by molar-refractivity contribution is 0.00498. The molecule has 0 amide bonds. The molecule has 13 nitrogen and oxygen atoms in total. The van der Waals surface area contributed by atoms with E-state index in [0.717, 1.165) is 24.1 Å². The second kappa shape index (κ2) is 27.4. The molecule has 55 heavy (non-hydrogen) atoms. The molecular weight excluding hydrogens is 712 g/mol. The average Bonchev–Trinajstić information content (AvgIpc) is 3.23. The summed E-state index contributed by atoms with van der Waals surface area (Å²) < 4.78 is 61.8. The molecule has 0 radical (unpaired) electrons. The van der Waals surface area contributed by atoms with E-state index in [9.17, 15) is 9.59 Å². The smallest absolute Gasteiger partial charge is 0.153 e. The van der Waals surface area contributed by atoms with Gasteiger partial charge in [-0.15, -0.1) is 0 Å². The Balaban J connectivity index is 0.877. The van der Waals surface area contributed by atoms with Crippen LogP contribution in [-0.2, 0) is 23.7 Å². The molecule has 0 aliphatic heterocycles. The number of carbonyl (C=O) groups excluding carboxylic acids is 2. The summed E-state index contributed by atoms with van der Waals surface area (Å²) in [5.74, 6) is 3.97. The molecule has 0 saturated heterocycles. The minimum absolute atomic E-state index is 0.344. The number of benzene rings is 4. The molecule has 0 aliphatic rings. The lowest BCUT2D eigenvalue weighted by Gasteiger charge is -2.11. The predicted octanol–water partition coefficient (Wildman–Crippen LogP) is 5.77. The van der Waals surface area contributed by atoms with Gasteiger partial charge in [-0.25, -0.2) is 0 Å². The van der Waals surface area contributed by atoms with Crippen LogP contribution in [0.1, 0.15) is 20.7 Å². The third kappa shape index (κ3) is 18.1. The average molecular weight is 763 g/mol. The first-order valence-electron chi connectivity index (χ1n) is 18.2. The SMILES string of the molecule is O=Cc1ccccc1OCCOCCOc1ccc(OCCOCCOCCOCCOc2ccc(OCCOCCOc3ccccc3C=O)cc2)cc1. The Hall–Kier alpha value is -5.18. The summed E-state index contributed by atoms with van der Waals surface area (Å²) in [5, 5.41) is 0. The van der Waals surface area contributed by atoms with Crippen LogP contribution >= 0.6 is 0 Å². The molecule has 0 aliphatic carbocycles. The summed E-state index contributed by atoms with van der Waals surface area (Å²) in [6.07, 6.45) is 1.54. The highest BCUT2D eigenvalue weighted by molar-refractivity contribution is 5.79. The van der Waals surface area contributed by atoms with Crippen molar-refractivity contribution in [3.63, 3.8) is 0 Å². The molecule has 0 heterocycles. The van der Waals surface area contributed by atoms with Crippen molar-refractivity contribution >= 4 is 12.6 Å². The summed E-state index contributed by atoms with van der Waals surface area (Å²) >= 11 is 0. The van der Waals surface area contributed by atoms with Crippen LogP contribution in [0.5, 0.6) is 34.5 Å². The molecule has 4 aromatic carbocycles. The zero-order valence-electron chi connectivity index (χ0n) is 31.0. The lowest BCUT2D eigenvalue weighted by Crippen LogP contribution is -2.14. The van der Waals surface area contributed by atoms with E-state index in [2.05, 4.69) is 0 Å². The number of carbonyl (C=O) groups is 2. The quantitative estimate of drug-likeness (QED) is 0.0441. The maximum absolute atomic E-state index is 11.0. The number of hydrogen-bond donors (Lipinski definition) is 0. The highest BCUT2D eigenvalue weighted by Gasteiger charge is 2.04. The van der Waals surface area contributed by atoms with Gasteiger partial charge in [0.2, 0.25) is 0 Å². The Labute approximate surface area is 322 Å². The van der Waals surface area contributed by atoms with E-state index in [1.54, 1.807) is 36.4 Å². The summed E-state index contributed by atoms with van der Waals surface area (Å²) in [7, 11) is 0. The molecule has 0 bridgehead atoms. The Morgan fingerprint density at radius 2 is 0.527 bits per heavy atom. The van der Waals surface area contributed by atoms with Crippen LogP contribution in [0.3, 0.4) is 0 Å². The second-order valence-corrected chi connectivity index (χ2v) is 11.4. The molecule has 0 N–H and O–H groups in total. The van der Waals surface area contributed by atoms with Gasteiger partial charge in [0, 0.05) is 0 Å². The van der Waals surface area contributed by atoms with Crippen LogP contribution in [0.2, 0.25) is 0 Å². The minimum atomic E-state index is 0.344. The molecule has 0 unspecified atom stereocenters. The van der Waals surface area contributed by atoms with Crippen molar-refractivity contribution < 1.29 is 61.7 Å². The van der Waals surface area contributed by atoms with Crippen molar-refractivity contribution in [2.75, 3.05) is 106 Å². The van der Waals surface area contributed by atoms with E-state index in [0.29, 0.717) is 140 Å². The van der Waals surface area contributed by atoms with Crippen LogP contribution < -0.4 is 28.4 Å². The zero-order valence-corrected chi connectivity index (χ0v) is 31.0. The Morgan fingerprint density at radius 3 is 0.800 bits per heavy atom. The summed E-state index contributed by atoms with van der Waals surface area (Å²) in [6.45, 7) is 6.63. The highest BCUT2D eigenvalue weighted by atomic mass is 16.6. The fourth-order valence-corrected chi connectivity index (χ4v) is 4.72. The van der Waals surface area contributed by atoms with Gasteiger partial charge < -0.3 is 52.1 Å². The van der Waals surface area contributed by atoms with Gasteiger partial charge in [0.05, 0.1) is 77.2 Å². The largest absolute Gasteiger partial charge is 0.491 e. The number of rotatable bonds is 32. The van der Waals surface area contributed by atoms with E-state index in [1.165, 1.54) is 0 Å². The van der Waals surface area contributed by atoms with Crippen molar-refractivity contribution in [2.45, 2.75) is 0 Å². The van der Waals surface area contributed by atoms with Crippen LogP contribution in [0.25, 0.3) is 0 Å². The fourth-order valence-electron chi connectivity index (χ4n) is 4.72. The zero-order chi connectivity index (χ0) is 38.4. The van der Waals surface area contributed by atoms with E-state index in [1.807, 2.05) is 60.7 Å². The Bertz CT molecular complexity index is 1480. The van der Waals surface area contributed by atoms with Gasteiger partial charge in [0.25, 0.3) is 0 Å². The molecule has 0 spiro atoms. The van der Waals surface area contributed by atoms with Gasteiger partial charge in [-0.05, 0) is 72.8 Å². The number of hydrogen-bond acceptors (Lipinski definition) is 13. The number of para-hydroxylation sites is 2. The van der Waals surface area contributed by atoms with Crippen LogP contribution in [0.4, 0.5) is 0 Å². The van der Waals surface area contributed by atoms with Gasteiger partial charge in [0.15, 0.2) is 12.6 Å². The fraction of sp³-hybridized carbons (Fsp3) is 0.381. The Kier molecular flexibility index (Phi) is 21.2. The standard InChI is InChI=1S/C42H50O13/c43-33-35-5-1-3-7-41(35)54-31-25-48-23-29-52-39-13-9-37(10-14-39)50-27-21-46-19-17-45-18-20-47-22-28-51-38-11-15-40(16-12-38)53-30-24-49-26-32-55-42-8-4-2-6-36(42)34-44/h1-16,33-34H,17-32H2.